The van der Waals surface area contributed by atoms with E-state index in [0.717, 1.165) is 5.69 Å². The van der Waals surface area contributed by atoms with Gasteiger partial charge in [-0.25, -0.2) is 4.79 Å². The summed E-state index contributed by atoms with van der Waals surface area (Å²) in [5.74, 6) is -1.17. The zero-order valence-electron chi connectivity index (χ0n) is 17.3. The third kappa shape index (κ3) is 6.75. The number of hydrogen-bond acceptors (Lipinski definition) is 5. The van der Waals surface area contributed by atoms with E-state index >= 15 is 0 Å². The van der Waals surface area contributed by atoms with Crippen LogP contribution in [0.3, 0.4) is 0 Å². The van der Waals surface area contributed by atoms with Crippen LogP contribution in [0.2, 0.25) is 0 Å². The molecule has 0 spiro atoms. The summed E-state index contributed by atoms with van der Waals surface area (Å²) in [4.78, 5) is 35.5. The summed E-state index contributed by atoms with van der Waals surface area (Å²) in [5.41, 5.74) is 2.91. The van der Waals surface area contributed by atoms with Crippen LogP contribution in [-0.2, 0) is 9.53 Å². The van der Waals surface area contributed by atoms with E-state index in [9.17, 15) is 14.4 Å². The fourth-order valence-corrected chi connectivity index (χ4v) is 2.94. The van der Waals surface area contributed by atoms with Gasteiger partial charge in [-0.3, -0.25) is 9.59 Å². The number of benzene rings is 3. The molecule has 0 aliphatic heterocycles. The third-order valence-electron chi connectivity index (χ3n) is 4.32. The fraction of sp³-hybridized carbons (Fsp3) is 0.0833. The van der Waals surface area contributed by atoms with Crippen molar-refractivity contribution in [3.05, 3.63) is 90.0 Å². The highest BCUT2D eigenvalue weighted by Crippen LogP contribution is 2.13. The summed E-state index contributed by atoms with van der Waals surface area (Å²) in [7, 11) is 0. The van der Waals surface area contributed by atoms with Crippen LogP contribution in [0.15, 0.2) is 78.9 Å². The molecule has 0 saturated heterocycles. The van der Waals surface area contributed by atoms with E-state index < -0.39 is 18.5 Å². The molecule has 0 atom stereocenters. The summed E-state index contributed by atoms with van der Waals surface area (Å²) in [6.45, 7) is 1.03. The van der Waals surface area contributed by atoms with E-state index in [4.69, 9.17) is 17.0 Å². The molecule has 3 rings (SSSR count). The highest BCUT2D eigenvalue weighted by molar-refractivity contribution is 7.80. The van der Waals surface area contributed by atoms with Gasteiger partial charge in [0, 0.05) is 22.6 Å². The second-order valence-electron chi connectivity index (χ2n) is 6.78. The molecule has 0 fully saturated rings. The van der Waals surface area contributed by atoms with Gasteiger partial charge in [-0.05, 0) is 79.8 Å². The maximum atomic E-state index is 12.2. The largest absolute Gasteiger partial charge is 0.452 e. The molecule has 0 bridgehead atoms. The highest BCUT2D eigenvalue weighted by atomic mass is 32.1. The van der Waals surface area contributed by atoms with E-state index in [1.54, 1.807) is 48.5 Å². The van der Waals surface area contributed by atoms with E-state index in [1.165, 1.54) is 6.92 Å². The number of carbonyl (C=O) groups is 3. The number of ether oxygens (including phenoxy) is 1. The van der Waals surface area contributed by atoms with Gasteiger partial charge in [-0.1, -0.05) is 18.2 Å². The van der Waals surface area contributed by atoms with E-state index in [1.807, 2.05) is 30.3 Å². The summed E-state index contributed by atoms with van der Waals surface area (Å²) < 4.78 is 5.06. The van der Waals surface area contributed by atoms with Gasteiger partial charge in [-0.15, -0.1) is 0 Å². The molecule has 0 aliphatic carbocycles. The molecular formula is C24H21N3O4S. The number of Topliss-reactive ketones (excluding diaryl/α,β-unsaturated/α-hetero) is 1. The van der Waals surface area contributed by atoms with Gasteiger partial charge in [0.1, 0.15) is 0 Å². The van der Waals surface area contributed by atoms with Gasteiger partial charge in [0.2, 0.25) is 0 Å². The molecule has 0 saturated carbocycles. The number of amides is 1. The third-order valence-corrected chi connectivity index (χ3v) is 4.52. The van der Waals surface area contributed by atoms with Gasteiger partial charge in [0.05, 0.1) is 5.56 Å². The number of thiocarbonyl (C=S) groups is 1. The van der Waals surface area contributed by atoms with Crippen molar-refractivity contribution in [2.24, 2.45) is 0 Å². The predicted molar refractivity (Wildman–Crippen MR) is 128 cm³/mol. The maximum absolute atomic E-state index is 12.2. The quantitative estimate of drug-likeness (QED) is 0.279. The predicted octanol–water partition coefficient (Wildman–Crippen LogP) is 4.49. The average Bonchev–Trinajstić information content (AvgIpc) is 2.79. The lowest BCUT2D eigenvalue weighted by atomic mass is 10.1. The molecule has 3 N–H and O–H groups in total. The van der Waals surface area contributed by atoms with Crippen molar-refractivity contribution >= 4 is 52.1 Å². The Kier molecular flexibility index (Phi) is 7.66. The highest BCUT2D eigenvalue weighted by Gasteiger charge is 2.11. The van der Waals surface area contributed by atoms with E-state index in [0.29, 0.717) is 27.6 Å². The second-order valence-corrected chi connectivity index (χ2v) is 7.19. The van der Waals surface area contributed by atoms with Crippen LogP contribution in [-0.4, -0.2) is 29.4 Å². The Balaban J connectivity index is 1.46. The fourth-order valence-electron chi connectivity index (χ4n) is 2.70. The molecular weight excluding hydrogens is 426 g/mol. The molecule has 0 radical (unpaired) electrons. The smallest absolute Gasteiger partial charge is 0.338 e. The lowest BCUT2D eigenvalue weighted by Crippen LogP contribution is -2.21. The minimum atomic E-state index is -0.622. The number of carbonyl (C=O) groups excluding carboxylic acids is 3. The zero-order chi connectivity index (χ0) is 22.9. The first-order valence-electron chi connectivity index (χ1n) is 9.72. The van der Waals surface area contributed by atoms with E-state index in [2.05, 4.69) is 16.0 Å². The molecule has 162 valence electrons. The van der Waals surface area contributed by atoms with Gasteiger partial charge >= 0.3 is 5.97 Å². The first-order chi connectivity index (χ1) is 15.4. The van der Waals surface area contributed by atoms with Crippen LogP contribution in [0.1, 0.15) is 27.6 Å². The molecule has 32 heavy (non-hydrogen) atoms. The summed E-state index contributed by atoms with van der Waals surface area (Å²) in [5, 5.41) is 9.11. The normalized spacial score (nSPS) is 10.0. The Morgan fingerprint density at radius 1 is 0.719 bits per heavy atom. The summed E-state index contributed by atoms with van der Waals surface area (Å²) in [6, 6.07) is 22.5. The number of nitrogens with one attached hydrogen (secondary N) is 3. The molecule has 3 aromatic carbocycles. The molecule has 0 unspecified atom stereocenters. The number of ketones is 1. The van der Waals surface area contributed by atoms with Gasteiger partial charge in [0.25, 0.3) is 5.91 Å². The zero-order valence-corrected chi connectivity index (χ0v) is 18.1. The van der Waals surface area contributed by atoms with Crippen LogP contribution >= 0.6 is 12.2 Å². The number of esters is 1. The van der Waals surface area contributed by atoms with Gasteiger partial charge in [-0.2, -0.15) is 0 Å². The Morgan fingerprint density at radius 2 is 1.22 bits per heavy atom. The Morgan fingerprint density at radius 3 is 1.78 bits per heavy atom. The van der Waals surface area contributed by atoms with Gasteiger partial charge < -0.3 is 20.7 Å². The van der Waals surface area contributed by atoms with Crippen LogP contribution in [0.5, 0.6) is 0 Å². The van der Waals surface area contributed by atoms with Crippen molar-refractivity contribution in [1.29, 1.82) is 0 Å². The molecule has 7 nitrogen and oxygen atoms in total. The van der Waals surface area contributed by atoms with Crippen molar-refractivity contribution in [2.75, 3.05) is 22.6 Å². The van der Waals surface area contributed by atoms with Crippen molar-refractivity contribution in [2.45, 2.75) is 6.92 Å². The second kappa shape index (κ2) is 10.8. The number of hydrogen-bond donors (Lipinski definition) is 3. The number of rotatable bonds is 7. The minimum absolute atomic E-state index is 0.0627. The first-order valence-corrected chi connectivity index (χ1v) is 10.1. The van der Waals surface area contributed by atoms with Crippen molar-refractivity contribution in [3.63, 3.8) is 0 Å². The van der Waals surface area contributed by atoms with Gasteiger partial charge in [0.15, 0.2) is 17.5 Å². The lowest BCUT2D eigenvalue weighted by molar-refractivity contribution is -0.119. The summed E-state index contributed by atoms with van der Waals surface area (Å²) >= 11 is 5.27. The minimum Gasteiger partial charge on any atom is -0.452 e. The molecule has 0 heterocycles. The lowest BCUT2D eigenvalue weighted by Gasteiger charge is -2.11. The van der Waals surface area contributed by atoms with Crippen LogP contribution in [0.25, 0.3) is 0 Å². The number of para-hydroxylation sites is 1. The molecule has 0 aliphatic rings. The summed E-state index contributed by atoms with van der Waals surface area (Å²) in [6.07, 6.45) is 0. The monoisotopic (exact) mass is 447 g/mol. The Labute approximate surface area is 190 Å². The molecule has 3 aromatic rings. The van der Waals surface area contributed by atoms with Crippen LogP contribution < -0.4 is 16.0 Å². The van der Waals surface area contributed by atoms with Crippen molar-refractivity contribution < 1.29 is 19.1 Å². The first kappa shape index (κ1) is 22.6. The van der Waals surface area contributed by atoms with Crippen molar-refractivity contribution in [3.8, 4) is 0 Å². The standard InChI is InChI=1S/C24H21N3O4S/c1-16(28)17-7-11-20(12-8-17)25-22(29)15-31-23(30)18-9-13-21(14-10-18)27-24(32)26-19-5-3-2-4-6-19/h2-14H,15H2,1H3,(H,25,29)(H2,26,27,32). The molecule has 8 heteroatoms. The topological polar surface area (TPSA) is 96.5 Å². The van der Waals surface area contributed by atoms with E-state index in [-0.39, 0.29) is 5.78 Å². The van der Waals surface area contributed by atoms with Crippen molar-refractivity contribution in [1.82, 2.24) is 0 Å². The Hall–Kier alpha value is -4.04. The van der Waals surface area contributed by atoms with Crippen LogP contribution in [0, 0.1) is 0 Å². The van der Waals surface area contributed by atoms with Crippen LogP contribution in [0.4, 0.5) is 17.1 Å². The average molecular weight is 448 g/mol. The molecule has 1 amide bonds. The molecule has 0 aromatic heterocycles. The number of anilines is 3. The maximum Gasteiger partial charge on any atom is 0.338 e. The Bertz CT molecular complexity index is 1110. The SMILES string of the molecule is CC(=O)c1ccc(NC(=O)COC(=O)c2ccc(NC(=S)Nc3ccccc3)cc2)cc1.